The van der Waals surface area contributed by atoms with Gasteiger partial charge in [0, 0.05) is 38.5 Å². The number of halogens is 2. The first kappa shape index (κ1) is 25.2. The zero-order valence-electron chi connectivity index (χ0n) is 17.8. The molecule has 3 rings (SSSR count). The Bertz CT molecular complexity index is 1120. The summed E-state index contributed by atoms with van der Waals surface area (Å²) in [5.41, 5.74) is 1.60. The molecule has 2 aromatic carbocycles. The maximum absolute atomic E-state index is 12.8. The summed E-state index contributed by atoms with van der Waals surface area (Å²) in [5, 5.41) is 8.73. The molecule has 0 unspecified atom stereocenters. The minimum Gasteiger partial charge on any atom is -0.497 e. The van der Waals surface area contributed by atoms with Gasteiger partial charge in [-0.05, 0) is 59.5 Å². The van der Waals surface area contributed by atoms with E-state index in [-0.39, 0.29) is 17.5 Å². The molecule has 172 valence electrons. The standard InChI is InChI=1S/C24H22Cl2N2O3S2/c1-31-19-8-5-16(6-9-19)23(29)28-22(14-20-3-2-11-33-20)24(30)27-10-12-32-15-17-4-7-18(25)13-21(17)26/h2-9,11,13-14H,10,12,15H2,1H3,(H,27,30)(H,28,29)/b22-14-. The largest absolute Gasteiger partial charge is 0.497 e. The molecule has 0 bridgehead atoms. The van der Waals surface area contributed by atoms with Crippen molar-refractivity contribution in [2.24, 2.45) is 0 Å². The Balaban J connectivity index is 1.57. The molecule has 0 saturated carbocycles. The van der Waals surface area contributed by atoms with Crippen molar-refractivity contribution in [3.8, 4) is 5.75 Å². The number of methoxy groups -OCH3 is 1. The van der Waals surface area contributed by atoms with Crippen LogP contribution in [0.2, 0.25) is 10.0 Å². The lowest BCUT2D eigenvalue weighted by atomic mass is 10.2. The average molecular weight is 521 g/mol. The maximum atomic E-state index is 12.8. The Labute approximate surface area is 211 Å². The number of nitrogens with one attached hydrogen (secondary N) is 2. The molecule has 33 heavy (non-hydrogen) atoms. The van der Waals surface area contributed by atoms with Gasteiger partial charge in [-0.15, -0.1) is 11.3 Å². The maximum Gasteiger partial charge on any atom is 0.267 e. The minimum atomic E-state index is -0.373. The molecule has 0 atom stereocenters. The molecule has 3 aromatic rings. The van der Waals surface area contributed by atoms with Crippen LogP contribution in [0.4, 0.5) is 0 Å². The Morgan fingerprint density at radius 1 is 1.12 bits per heavy atom. The number of carbonyl (C=O) groups excluding carboxylic acids is 2. The summed E-state index contributed by atoms with van der Waals surface area (Å²) in [4.78, 5) is 26.4. The number of carbonyl (C=O) groups is 2. The van der Waals surface area contributed by atoms with Crippen LogP contribution in [0.1, 0.15) is 20.8 Å². The predicted molar refractivity (Wildman–Crippen MR) is 138 cm³/mol. The zero-order chi connectivity index (χ0) is 23.6. The second kappa shape index (κ2) is 12.7. The highest BCUT2D eigenvalue weighted by atomic mass is 35.5. The van der Waals surface area contributed by atoms with E-state index in [0.29, 0.717) is 39.4 Å². The van der Waals surface area contributed by atoms with E-state index in [4.69, 9.17) is 27.9 Å². The van der Waals surface area contributed by atoms with E-state index in [2.05, 4.69) is 10.6 Å². The molecular formula is C24H22Cl2N2O3S2. The molecule has 0 saturated heterocycles. The molecule has 0 aliphatic carbocycles. The molecule has 0 spiro atoms. The van der Waals surface area contributed by atoms with Gasteiger partial charge in [-0.3, -0.25) is 9.59 Å². The van der Waals surface area contributed by atoms with Gasteiger partial charge in [-0.2, -0.15) is 11.8 Å². The number of amides is 2. The number of benzene rings is 2. The van der Waals surface area contributed by atoms with Crippen LogP contribution in [0.25, 0.3) is 6.08 Å². The molecule has 0 fully saturated rings. The van der Waals surface area contributed by atoms with Crippen LogP contribution >= 0.6 is 46.3 Å². The van der Waals surface area contributed by atoms with Gasteiger partial charge >= 0.3 is 0 Å². The molecule has 0 radical (unpaired) electrons. The molecule has 0 aliphatic heterocycles. The quantitative estimate of drug-likeness (QED) is 0.258. The highest BCUT2D eigenvalue weighted by Crippen LogP contribution is 2.24. The van der Waals surface area contributed by atoms with Crippen LogP contribution < -0.4 is 15.4 Å². The summed E-state index contributed by atoms with van der Waals surface area (Å²) >= 11 is 15.2. The summed E-state index contributed by atoms with van der Waals surface area (Å²) < 4.78 is 5.12. The van der Waals surface area contributed by atoms with E-state index in [1.165, 1.54) is 11.3 Å². The SMILES string of the molecule is COc1ccc(C(=O)N/C(=C\c2cccs2)C(=O)NCCSCc2ccc(Cl)cc2Cl)cc1. The lowest BCUT2D eigenvalue weighted by Gasteiger charge is -2.11. The predicted octanol–water partition coefficient (Wildman–Crippen LogP) is 5.88. The van der Waals surface area contributed by atoms with Gasteiger partial charge in [-0.25, -0.2) is 0 Å². The molecule has 2 N–H and O–H groups in total. The third kappa shape index (κ3) is 7.82. The second-order valence-electron chi connectivity index (χ2n) is 6.80. The molecule has 1 aromatic heterocycles. The number of thiophene rings is 1. The van der Waals surface area contributed by atoms with Gasteiger partial charge in [0.2, 0.25) is 0 Å². The van der Waals surface area contributed by atoms with Gasteiger partial charge in [0.25, 0.3) is 11.8 Å². The van der Waals surface area contributed by atoms with Gasteiger partial charge < -0.3 is 15.4 Å². The van der Waals surface area contributed by atoms with Crippen LogP contribution in [0.15, 0.2) is 65.7 Å². The molecule has 5 nitrogen and oxygen atoms in total. The number of rotatable bonds is 10. The first-order valence-corrected chi connectivity index (χ1v) is 12.8. The summed E-state index contributed by atoms with van der Waals surface area (Å²) in [6.45, 7) is 0.439. The van der Waals surface area contributed by atoms with Crippen molar-refractivity contribution in [1.82, 2.24) is 10.6 Å². The van der Waals surface area contributed by atoms with Gasteiger partial charge in [0.05, 0.1) is 7.11 Å². The average Bonchev–Trinajstić information content (AvgIpc) is 3.32. The summed E-state index contributed by atoms with van der Waals surface area (Å²) in [6.07, 6.45) is 1.67. The fourth-order valence-electron chi connectivity index (χ4n) is 2.76. The minimum absolute atomic E-state index is 0.184. The van der Waals surface area contributed by atoms with E-state index in [1.807, 2.05) is 23.6 Å². The first-order valence-electron chi connectivity index (χ1n) is 9.96. The highest BCUT2D eigenvalue weighted by molar-refractivity contribution is 7.98. The van der Waals surface area contributed by atoms with Crippen molar-refractivity contribution in [3.05, 3.63) is 91.7 Å². The smallest absolute Gasteiger partial charge is 0.267 e. The van der Waals surface area contributed by atoms with Crippen LogP contribution in [-0.2, 0) is 10.5 Å². The zero-order valence-corrected chi connectivity index (χ0v) is 20.9. The lowest BCUT2D eigenvalue weighted by Crippen LogP contribution is -2.35. The van der Waals surface area contributed by atoms with E-state index in [1.54, 1.807) is 61.3 Å². The Kier molecular flexibility index (Phi) is 9.69. The summed E-state index contributed by atoms with van der Waals surface area (Å²) in [5.74, 6) is 1.32. The van der Waals surface area contributed by atoms with Crippen molar-refractivity contribution < 1.29 is 14.3 Å². The normalized spacial score (nSPS) is 11.2. The Morgan fingerprint density at radius 2 is 1.91 bits per heavy atom. The molecule has 0 aliphatic rings. The van der Waals surface area contributed by atoms with Crippen molar-refractivity contribution in [2.45, 2.75) is 5.75 Å². The summed E-state index contributed by atoms with van der Waals surface area (Å²) in [7, 11) is 1.56. The third-order valence-electron chi connectivity index (χ3n) is 4.48. The van der Waals surface area contributed by atoms with Crippen molar-refractivity contribution in [2.75, 3.05) is 19.4 Å². The van der Waals surface area contributed by atoms with Crippen molar-refractivity contribution in [1.29, 1.82) is 0 Å². The Hall–Kier alpha value is -2.45. The molecular weight excluding hydrogens is 499 g/mol. The number of ether oxygens (including phenoxy) is 1. The van der Waals surface area contributed by atoms with Crippen LogP contribution in [-0.4, -0.2) is 31.2 Å². The van der Waals surface area contributed by atoms with Crippen LogP contribution in [0.5, 0.6) is 5.75 Å². The molecule has 1 heterocycles. The molecule has 2 amide bonds. The van der Waals surface area contributed by atoms with Crippen molar-refractivity contribution in [3.63, 3.8) is 0 Å². The van der Waals surface area contributed by atoms with Crippen molar-refractivity contribution >= 4 is 64.2 Å². The van der Waals surface area contributed by atoms with E-state index in [0.717, 1.165) is 10.4 Å². The third-order valence-corrected chi connectivity index (χ3v) is 6.89. The van der Waals surface area contributed by atoms with Crippen LogP contribution in [0, 0.1) is 0 Å². The Morgan fingerprint density at radius 3 is 2.58 bits per heavy atom. The monoisotopic (exact) mass is 520 g/mol. The van der Waals surface area contributed by atoms with E-state index in [9.17, 15) is 9.59 Å². The van der Waals surface area contributed by atoms with E-state index >= 15 is 0 Å². The van der Waals surface area contributed by atoms with Gasteiger partial charge in [0.1, 0.15) is 11.4 Å². The van der Waals surface area contributed by atoms with Gasteiger partial charge in [-0.1, -0.05) is 35.3 Å². The summed E-state index contributed by atoms with van der Waals surface area (Å²) in [6, 6.07) is 15.9. The number of thioether (sulfide) groups is 1. The lowest BCUT2D eigenvalue weighted by molar-refractivity contribution is -0.117. The second-order valence-corrected chi connectivity index (χ2v) is 9.73. The highest BCUT2D eigenvalue weighted by Gasteiger charge is 2.15. The number of hydrogen-bond acceptors (Lipinski definition) is 5. The number of hydrogen-bond donors (Lipinski definition) is 2. The fourth-order valence-corrected chi connectivity index (χ4v) is 4.84. The molecule has 9 heteroatoms. The first-order chi connectivity index (χ1) is 16.0. The van der Waals surface area contributed by atoms with Crippen LogP contribution in [0.3, 0.4) is 0 Å². The van der Waals surface area contributed by atoms with Gasteiger partial charge in [0.15, 0.2) is 0 Å². The fraction of sp³-hybridized carbons (Fsp3) is 0.167. The topological polar surface area (TPSA) is 67.4 Å². The van der Waals surface area contributed by atoms with E-state index < -0.39 is 0 Å².